The van der Waals surface area contributed by atoms with Gasteiger partial charge in [-0.15, -0.1) is 10.2 Å². The van der Waals surface area contributed by atoms with E-state index in [-0.39, 0.29) is 11.3 Å². The number of halogens is 1. The number of carbonyl (C=O) groups excluding carboxylic acids is 1. The van der Waals surface area contributed by atoms with Gasteiger partial charge in [0, 0.05) is 29.3 Å². The Hall–Kier alpha value is -4.27. The first kappa shape index (κ1) is 19.1. The summed E-state index contributed by atoms with van der Waals surface area (Å²) in [7, 11) is 1.37. The van der Waals surface area contributed by atoms with Crippen molar-refractivity contribution in [1.82, 2.24) is 20.0 Å². The fraction of sp³-hybridized carbons (Fsp3) is 0.0476. The lowest BCUT2D eigenvalue weighted by atomic mass is 10.2. The average Bonchev–Trinajstić information content (AvgIpc) is 3.30. The molecule has 9 heteroatoms. The summed E-state index contributed by atoms with van der Waals surface area (Å²) in [5.41, 5.74) is 1.54. The van der Waals surface area contributed by atoms with Crippen LogP contribution in [0.1, 0.15) is 10.4 Å². The van der Waals surface area contributed by atoms with Crippen molar-refractivity contribution in [2.45, 2.75) is 0 Å². The van der Waals surface area contributed by atoms with Crippen molar-refractivity contribution in [2.75, 3.05) is 17.7 Å². The maximum Gasteiger partial charge on any atom is 0.255 e. The maximum atomic E-state index is 13.8. The van der Waals surface area contributed by atoms with Crippen LogP contribution in [0.5, 0.6) is 5.75 Å². The fourth-order valence-electron chi connectivity index (χ4n) is 2.71. The van der Waals surface area contributed by atoms with E-state index in [1.807, 2.05) is 0 Å². The summed E-state index contributed by atoms with van der Waals surface area (Å²) in [4.78, 5) is 12.3. The van der Waals surface area contributed by atoms with Crippen LogP contribution in [0, 0.1) is 5.82 Å². The van der Waals surface area contributed by atoms with Crippen LogP contribution < -0.4 is 15.4 Å². The van der Waals surface area contributed by atoms with E-state index in [0.717, 1.165) is 11.8 Å². The Bertz CT molecular complexity index is 1150. The molecule has 0 saturated heterocycles. The van der Waals surface area contributed by atoms with Gasteiger partial charge in [-0.2, -0.15) is 5.10 Å². The molecule has 0 fully saturated rings. The number of rotatable bonds is 6. The van der Waals surface area contributed by atoms with E-state index in [0.29, 0.717) is 17.3 Å². The number of anilines is 3. The number of aromatic nitrogens is 4. The normalized spacial score (nSPS) is 10.5. The molecule has 0 radical (unpaired) electrons. The fourth-order valence-corrected chi connectivity index (χ4v) is 2.71. The van der Waals surface area contributed by atoms with Crippen molar-refractivity contribution in [2.24, 2.45) is 0 Å². The van der Waals surface area contributed by atoms with E-state index in [4.69, 9.17) is 4.74 Å². The minimum Gasteiger partial charge on any atom is -0.494 e. The molecule has 2 N–H and O–H groups in total. The smallest absolute Gasteiger partial charge is 0.255 e. The van der Waals surface area contributed by atoms with Gasteiger partial charge in [0.25, 0.3) is 5.91 Å². The van der Waals surface area contributed by atoms with Crippen LogP contribution in [0.25, 0.3) is 5.82 Å². The van der Waals surface area contributed by atoms with Gasteiger partial charge < -0.3 is 15.4 Å². The number of ether oxygens (including phenoxy) is 1. The first-order valence-electron chi connectivity index (χ1n) is 8.98. The van der Waals surface area contributed by atoms with E-state index in [1.165, 1.54) is 19.2 Å². The van der Waals surface area contributed by atoms with Gasteiger partial charge in [0.05, 0.1) is 7.11 Å². The highest BCUT2D eigenvalue weighted by Gasteiger charge is 2.10. The SMILES string of the molecule is COc1ccc(C(=O)Nc2ccc(Nc3ccc(-n4cccn4)nn3)cc2)cc1F. The van der Waals surface area contributed by atoms with E-state index in [1.54, 1.807) is 59.5 Å². The van der Waals surface area contributed by atoms with E-state index < -0.39 is 11.7 Å². The molecule has 0 saturated carbocycles. The summed E-state index contributed by atoms with van der Waals surface area (Å²) in [6, 6.07) is 16.5. The molecule has 4 rings (SSSR count). The van der Waals surface area contributed by atoms with E-state index in [2.05, 4.69) is 25.9 Å². The van der Waals surface area contributed by atoms with Gasteiger partial charge in [0.2, 0.25) is 0 Å². The predicted octanol–water partition coefficient (Wildman–Crippen LogP) is 3.81. The van der Waals surface area contributed by atoms with Crippen molar-refractivity contribution in [1.29, 1.82) is 0 Å². The number of nitrogens with one attached hydrogen (secondary N) is 2. The Morgan fingerprint density at radius 1 is 1.03 bits per heavy atom. The molecule has 2 heterocycles. The van der Waals surface area contributed by atoms with Gasteiger partial charge >= 0.3 is 0 Å². The summed E-state index contributed by atoms with van der Waals surface area (Å²) >= 11 is 0. The average molecular weight is 404 g/mol. The molecule has 2 aromatic carbocycles. The van der Waals surface area contributed by atoms with Gasteiger partial charge in [-0.3, -0.25) is 4.79 Å². The van der Waals surface area contributed by atoms with Crippen LogP contribution in [-0.2, 0) is 0 Å². The zero-order chi connectivity index (χ0) is 20.9. The molecule has 0 aliphatic heterocycles. The molecule has 0 aliphatic rings. The third-order valence-corrected chi connectivity index (χ3v) is 4.22. The Morgan fingerprint density at radius 3 is 2.47 bits per heavy atom. The summed E-state index contributed by atoms with van der Waals surface area (Å²) in [6.07, 6.45) is 3.45. The Labute approximate surface area is 171 Å². The van der Waals surface area contributed by atoms with Gasteiger partial charge in [-0.05, 0) is 60.7 Å². The lowest BCUT2D eigenvalue weighted by molar-refractivity contribution is 0.102. The monoisotopic (exact) mass is 404 g/mol. The van der Waals surface area contributed by atoms with Crippen LogP contribution >= 0.6 is 0 Å². The number of methoxy groups -OCH3 is 1. The second kappa shape index (κ2) is 8.39. The number of benzene rings is 2. The van der Waals surface area contributed by atoms with Crippen LogP contribution in [0.4, 0.5) is 21.6 Å². The second-order valence-corrected chi connectivity index (χ2v) is 6.23. The molecule has 4 aromatic rings. The molecule has 0 bridgehead atoms. The van der Waals surface area contributed by atoms with Gasteiger partial charge in [-0.1, -0.05) is 0 Å². The third kappa shape index (κ3) is 4.25. The minimum absolute atomic E-state index is 0.0859. The largest absolute Gasteiger partial charge is 0.494 e. The van der Waals surface area contributed by atoms with Crippen LogP contribution in [-0.4, -0.2) is 33.0 Å². The lowest BCUT2D eigenvalue weighted by Crippen LogP contribution is -2.12. The molecule has 1 amide bonds. The number of carbonyl (C=O) groups is 1. The van der Waals surface area contributed by atoms with Gasteiger partial charge in [0.15, 0.2) is 23.2 Å². The Kier molecular flexibility index (Phi) is 5.33. The zero-order valence-corrected chi connectivity index (χ0v) is 15.9. The lowest BCUT2D eigenvalue weighted by Gasteiger charge is -2.09. The first-order chi connectivity index (χ1) is 14.6. The summed E-state index contributed by atoms with van der Waals surface area (Å²) in [6.45, 7) is 0. The second-order valence-electron chi connectivity index (χ2n) is 6.23. The molecular weight excluding hydrogens is 387 g/mol. The van der Waals surface area contributed by atoms with Crippen molar-refractivity contribution >= 4 is 23.1 Å². The Morgan fingerprint density at radius 2 is 1.83 bits per heavy atom. The highest BCUT2D eigenvalue weighted by atomic mass is 19.1. The molecule has 0 unspecified atom stereocenters. The zero-order valence-electron chi connectivity index (χ0n) is 15.9. The summed E-state index contributed by atoms with van der Waals surface area (Å²) in [5.74, 6) is 0.249. The van der Waals surface area contributed by atoms with Crippen LogP contribution in [0.2, 0.25) is 0 Å². The molecule has 0 atom stereocenters. The molecule has 150 valence electrons. The molecule has 2 aromatic heterocycles. The minimum atomic E-state index is -0.593. The molecule has 0 spiro atoms. The third-order valence-electron chi connectivity index (χ3n) is 4.22. The topological polar surface area (TPSA) is 94.0 Å². The van der Waals surface area contributed by atoms with E-state index in [9.17, 15) is 9.18 Å². The quantitative estimate of drug-likeness (QED) is 0.508. The van der Waals surface area contributed by atoms with Crippen LogP contribution in [0.3, 0.4) is 0 Å². The first-order valence-corrected chi connectivity index (χ1v) is 8.98. The van der Waals surface area contributed by atoms with Crippen LogP contribution in [0.15, 0.2) is 73.1 Å². The number of amides is 1. The number of nitrogens with zero attached hydrogens (tertiary/aromatic N) is 4. The predicted molar refractivity (Wildman–Crippen MR) is 110 cm³/mol. The van der Waals surface area contributed by atoms with Gasteiger partial charge in [-0.25, -0.2) is 9.07 Å². The van der Waals surface area contributed by atoms with E-state index >= 15 is 0 Å². The summed E-state index contributed by atoms with van der Waals surface area (Å²) < 4.78 is 20.3. The molecule has 30 heavy (non-hydrogen) atoms. The van der Waals surface area contributed by atoms with Crippen molar-refractivity contribution in [3.63, 3.8) is 0 Å². The summed E-state index contributed by atoms with van der Waals surface area (Å²) in [5, 5.41) is 18.2. The maximum absolute atomic E-state index is 13.8. The number of hydrogen-bond donors (Lipinski definition) is 2. The standard InChI is InChI=1S/C21H17FN6O2/c1-30-18-8-3-14(13-17(18)22)21(29)25-16-6-4-15(5-7-16)24-19-9-10-20(27-26-19)28-12-2-11-23-28/h2-13H,1H3,(H,24,26)(H,25,29). The van der Waals surface area contributed by atoms with Gasteiger partial charge in [0.1, 0.15) is 0 Å². The highest BCUT2D eigenvalue weighted by Crippen LogP contribution is 2.20. The highest BCUT2D eigenvalue weighted by molar-refractivity contribution is 6.04. The number of hydrogen-bond acceptors (Lipinski definition) is 6. The molecule has 0 aliphatic carbocycles. The van der Waals surface area contributed by atoms with Crippen molar-refractivity contribution < 1.29 is 13.9 Å². The molecule has 8 nitrogen and oxygen atoms in total. The Balaban J connectivity index is 1.39. The van der Waals surface area contributed by atoms with Crippen molar-refractivity contribution in [3.05, 3.63) is 84.4 Å². The molecular formula is C21H17FN6O2. The van der Waals surface area contributed by atoms with Crippen molar-refractivity contribution in [3.8, 4) is 11.6 Å².